The number of hydrogen-bond donors (Lipinski definition) is 1. The Labute approximate surface area is 62.5 Å². The number of rotatable bonds is 2. The molecule has 0 saturated carbocycles. The minimum absolute atomic E-state index is 0.0833. The molecule has 0 spiro atoms. The summed E-state index contributed by atoms with van der Waals surface area (Å²) in [7, 11) is 0. The quantitative estimate of drug-likeness (QED) is 0.624. The Morgan fingerprint density at radius 3 is 2.91 bits per heavy atom. The van der Waals surface area contributed by atoms with Crippen LogP contribution in [0.4, 0.5) is 10.3 Å². The minimum Gasteiger partial charge on any atom is -0.286 e. The molecule has 60 valence electrons. The third kappa shape index (κ3) is 1.81. The Hall–Kier alpha value is -1.30. The zero-order chi connectivity index (χ0) is 8.27. The predicted octanol–water partition coefficient (Wildman–Crippen LogP) is 0.226. The van der Waals surface area contributed by atoms with E-state index in [1.54, 1.807) is 6.92 Å². The Morgan fingerprint density at radius 1 is 1.64 bits per heavy atom. The molecular weight excluding hydrogens is 151 g/mol. The molecule has 1 N–H and O–H groups in total. The lowest BCUT2D eigenvalue weighted by Crippen LogP contribution is -2.20. The topological polar surface area (TPSA) is 62.1 Å². The van der Waals surface area contributed by atoms with Crippen LogP contribution in [-0.2, 0) is 0 Å². The summed E-state index contributed by atoms with van der Waals surface area (Å²) in [5, 5.41) is 9.69. The van der Waals surface area contributed by atoms with Gasteiger partial charge in [0.2, 0.25) is 0 Å². The SMILES string of the molecule is CCN(O)c1ncnc(F)n1. The third-order valence-electron chi connectivity index (χ3n) is 1.06. The molecule has 0 fully saturated rings. The molecule has 0 saturated heterocycles. The van der Waals surface area contributed by atoms with Gasteiger partial charge in [0.15, 0.2) is 0 Å². The molecule has 1 heterocycles. The van der Waals surface area contributed by atoms with E-state index >= 15 is 0 Å². The van der Waals surface area contributed by atoms with Crippen LogP contribution in [0.5, 0.6) is 0 Å². The Morgan fingerprint density at radius 2 is 2.36 bits per heavy atom. The van der Waals surface area contributed by atoms with Crippen LogP contribution in [0.3, 0.4) is 0 Å². The normalized spacial score (nSPS) is 9.73. The van der Waals surface area contributed by atoms with Crippen molar-refractivity contribution >= 4 is 5.95 Å². The second kappa shape index (κ2) is 3.20. The molecular formula is C5H7FN4O. The Kier molecular flexibility index (Phi) is 2.27. The zero-order valence-corrected chi connectivity index (χ0v) is 5.90. The Balaban J connectivity index is 2.86. The van der Waals surface area contributed by atoms with Crippen molar-refractivity contribution in [2.75, 3.05) is 11.6 Å². The molecule has 0 aromatic carbocycles. The summed E-state index contributed by atoms with van der Waals surface area (Å²) in [6, 6.07) is 0. The third-order valence-corrected chi connectivity index (χ3v) is 1.06. The number of halogens is 1. The van der Waals surface area contributed by atoms with Crippen LogP contribution in [0, 0.1) is 6.08 Å². The predicted molar refractivity (Wildman–Crippen MR) is 34.6 cm³/mol. The number of aromatic nitrogens is 3. The molecule has 0 aliphatic carbocycles. The first-order valence-electron chi connectivity index (χ1n) is 3.05. The minimum atomic E-state index is -0.900. The number of nitrogens with zero attached hydrogens (tertiary/aromatic N) is 4. The van der Waals surface area contributed by atoms with Gasteiger partial charge in [0.1, 0.15) is 6.33 Å². The largest absolute Gasteiger partial charge is 0.313 e. The highest BCUT2D eigenvalue weighted by Crippen LogP contribution is 2.00. The van der Waals surface area contributed by atoms with Gasteiger partial charge in [-0.3, -0.25) is 5.21 Å². The first-order chi connectivity index (χ1) is 5.24. The molecule has 0 radical (unpaired) electrons. The van der Waals surface area contributed by atoms with Gasteiger partial charge in [-0.2, -0.15) is 19.3 Å². The van der Waals surface area contributed by atoms with Crippen molar-refractivity contribution < 1.29 is 9.60 Å². The van der Waals surface area contributed by atoms with Gasteiger partial charge in [0.05, 0.1) is 0 Å². The molecule has 0 atom stereocenters. The molecule has 0 unspecified atom stereocenters. The molecule has 0 aliphatic rings. The fraction of sp³-hybridized carbons (Fsp3) is 0.400. The van der Waals surface area contributed by atoms with Gasteiger partial charge in [-0.15, -0.1) is 0 Å². The van der Waals surface area contributed by atoms with Crippen molar-refractivity contribution in [1.82, 2.24) is 15.0 Å². The van der Waals surface area contributed by atoms with E-state index in [9.17, 15) is 4.39 Å². The van der Waals surface area contributed by atoms with Gasteiger partial charge in [-0.25, -0.2) is 5.06 Å². The summed E-state index contributed by atoms with van der Waals surface area (Å²) < 4.78 is 12.3. The molecule has 11 heavy (non-hydrogen) atoms. The fourth-order valence-electron chi connectivity index (χ4n) is 0.534. The van der Waals surface area contributed by atoms with Crippen LogP contribution in [0.2, 0.25) is 0 Å². The van der Waals surface area contributed by atoms with Gasteiger partial charge >= 0.3 is 6.08 Å². The van der Waals surface area contributed by atoms with Crippen LogP contribution in [-0.4, -0.2) is 26.7 Å². The first-order valence-corrected chi connectivity index (χ1v) is 3.05. The monoisotopic (exact) mass is 158 g/mol. The summed E-state index contributed by atoms with van der Waals surface area (Å²) >= 11 is 0. The molecule has 0 bridgehead atoms. The fourth-order valence-corrected chi connectivity index (χ4v) is 0.534. The average Bonchev–Trinajstić information content (AvgIpc) is 2.03. The number of hydroxylamine groups is 1. The van der Waals surface area contributed by atoms with E-state index < -0.39 is 6.08 Å². The van der Waals surface area contributed by atoms with E-state index in [0.717, 1.165) is 11.4 Å². The second-order valence-corrected chi connectivity index (χ2v) is 1.77. The highest BCUT2D eigenvalue weighted by molar-refractivity contribution is 5.20. The lowest BCUT2D eigenvalue weighted by atomic mass is 10.7. The van der Waals surface area contributed by atoms with E-state index in [1.165, 1.54) is 0 Å². The highest BCUT2D eigenvalue weighted by atomic mass is 19.1. The summed E-state index contributed by atoms with van der Waals surface area (Å²) in [5.41, 5.74) is 0. The summed E-state index contributed by atoms with van der Waals surface area (Å²) in [6.45, 7) is 1.98. The van der Waals surface area contributed by atoms with Crippen molar-refractivity contribution in [3.05, 3.63) is 12.4 Å². The van der Waals surface area contributed by atoms with Crippen molar-refractivity contribution in [2.24, 2.45) is 0 Å². The summed E-state index contributed by atoms with van der Waals surface area (Å²) in [4.78, 5) is 9.88. The lowest BCUT2D eigenvalue weighted by molar-refractivity contribution is 0.251. The zero-order valence-electron chi connectivity index (χ0n) is 5.90. The molecule has 1 aromatic rings. The highest BCUT2D eigenvalue weighted by Gasteiger charge is 2.04. The standard InChI is InChI=1S/C5H7FN4O/c1-2-10(11)5-8-3-7-4(6)9-5/h3,11H,2H2,1H3. The number of anilines is 1. The van der Waals surface area contributed by atoms with Crippen molar-refractivity contribution in [1.29, 1.82) is 0 Å². The van der Waals surface area contributed by atoms with Crippen LogP contribution < -0.4 is 5.06 Å². The van der Waals surface area contributed by atoms with Crippen LogP contribution in [0.15, 0.2) is 6.33 Å². The van der Waals surface area contributed by atoms with Gasteiger partial charge in [-0.05, 0) is 6.92 Å². The average molecular weight is 158 g/mol. The maximum absolute atomic E-state index is 12.3. The van der Waals surface area contributed by atoms with Gasteiger partial charge in [0.25, 0.3) is 5.95 Å². The van der Waals surface area contributed by atoms with Gasteiger partial charge in [-0.1, -0.05) is 0 Å². The molecule has 6 heteroatoms. The Bertz CT molecular complexity index is 244. The molecule has 1 rings (SSSR count). The summed E-state index contributed by atoms with van der Waals surface area (Å²) in [6.07, 6.45) is 0.0961. The van der Waals surface area contributed by atoms with E-state index in [0.29, 0.717) is 6.54 Å². The van der Waals surface area contributed by atoms with Crippen LogP contribution in [0.1, 0.15) is 6.92 Å². The molecule has 0 aliphatic heterocycles. The van der Waals surface area contributed by atoms with Gasteiger partial charge < -0.3 is 0 Å². The van der Waals surface area contributed by atoms with Crippen molar-refractivity contribution in [3.8, 4) is 0 Å². The lowest BCUT2D eigenvalue weighted by Gasteiger charge is -2.09. The van der Waals surface area contributed by atoms with Crippen LogP contribution in [0.25, 0.3) is 0 Å². The molecule has 1 aromatic heterocycles. The molecule has 0 amide bonds. The van der Waals surface area contributed by atoms with E-state index in [2.05, 4.69) is 15.0 Å². The van der Waals surface area contributed by atoms with E-state index in [1.807, 2.05) is 0 Å². The smallest absolute Gasteiger partial charge is 0.286 e. The van der Waals surface area contributed by atoms with Crippen molar-refractivity contribution in [3.63, 3.8) is 0 Å². The maximum Gasteiger partial charge on any atom is 0.313 e. The van der Waals surface area contributed by atoms with E-state index in [4.69, 9.17) is 5.21 Å². The molecule has 5 nitrogen and oxygen atoms in total. The van der Waals surface area contributed by atoms with Gasteiger partial charge in [0, 0.05) is 6.54 Å². The maximum atomic E-state index is 12.3. The second-order valence-electron chi connectivity index (χ2n) is 1.77. The van der Waals surface area contributed by atoms with Crippen LogP contribution >= 0.6 is 0 Å². The van der Waals surface area contributed by atoms with E-state index in [-0.39, 0.29) is 5.95 Å². The first kappa shape index (κ1) is 7.80. The number of hydrogen-bond acceptors (Lipinski definition) is 5. The van der Waals surface area contributed by atoms with Crippen molar-refractivity contribution in [2.45, 2.75) is 6.92 Å². The summed E-state index contributed by atoms with van der Waals surface area (Å²) in [5.74, 6) is -0.0833.